The van der Waals surface area contributed by atoms with Gasteiger partial charge < -0.3 is 21.3 Å². The van der Waals surface area contributed by atoms with Crippen molar-refractivity contribution in [2.45, 2.75) is 12.5 Å². The van der Waals surface area contributed by atoms with E-state index in [0.29, 0.717) is 11.6 Å². The number of aliphatic hydroxyl groups is 2. The third kappa shape index (κ3) is 3.15. The van der Waals surface area contributed by atoms with Crippen LogP contribution in [0.4, 0.5) is 11.6 Å². The zero-order valence-corrected chi connectivity index (χ0v) is 7.94. The van der Waals surface area contributed by atoms with Crippen LogP contribution in [0.25, 0.3) is 0 Å². The van der Waals surface area contributed by atoms with Crippen LogP contribution in [0, 0.1) is 0 Å². The van der Waals surface area contributed by atoms with Gasteiger partial charge >= 0.3 is 0 Å². The molecular weight excluding hydrogens is 184 g/mol. The van der Waals surface area contributed by atoms with Crippen LogP contribution in [0.15, 0.2) is 12.4 Å². The quantitative estimate of drug-likeness (QED) is 0.505. The highest BCUT2D eigenvalue weighted by Gasteiger charge is 2.18. The van der Waals surface area contributed by atoms with E-state index in [1.165, 1.54) is 19.3 Å². The molecule has 0 aliphatic rings. The monoisotopic (exact) mass is 198 g/mol. The summed E-state index contributed by atoms with van der Waals surface area (Å²) in [6, 6.07) is 0. The summed E-state index contributed by atoms with van der Waals surface area (Å²) in [6.45, 7) is 1.36. The summed E-state index contributed by atoms with van der Waals surface area (Å²) < 4.78 is 0. The summed E-state index contributed by atoms with van der Waals surface area (Å²) in [6.07, 6.45) is 2.92. The minimum absolute atomic E-state index is 0.174. The number of aliphatic hydroxyl groups excluding tert-OH is 1. The summed E-state index contributed by atoms with van der Waals surface area (Å²) in [5.41, 5.74) is 4.69. The topological polar surface area (TPSA) is 104 Å². The first-order valence-electron chi connectivity index (χ1n) is 4.18. The predicted octanol–water partition coefficient (Wildman–Crippen LogP) is -0.786. The van der Waals surface area contributed by atoms with Crippen LogP contribution in [-0.2, 0) is 0 Å². The maximum atomic E-state index is 9.45. The zero-order valence-electron chi connectivity index (χ0n) is 7.94. The van der Waals surface area contributed by atoms with Crippen LogP contribution in [0.5, 0.6) is 0 Å². The molecule has 5 N–H and O–H groups in total. The Morgan fingerprint density at radius 3 is 2.57 bits per heavy atom. The normalized spacial score (nSPS) is 14.8. The Bertz CT molecular complexity index is 286. The van der Waals surface area contributed by atoms with Gasteiger partial charge in [-0.2, -0.15) is 0 Å². The molecule has 1 aromatic rings. The Morgan fingerprint density at radius 1 is 1.50 bits per heavy atom. The van der Waals surface area contributed by atoms with Gasteiger partial charge in [0.15, 0.2) is 0 Å². The van der Waals surface area contributed by atoms with Crippen molar-refractivity contribution in [2.75, 3.05) is 24.2 Å². The molecule has 0 aliphatic heterocycles. The Morgan fingerprint density at radius 2 is 2.07 bits per heavy atom. The van der Waals surface area contributed by atoms with E-state index in [2.05, 4.69) is 15.3 Å². The highest BCUT2D eigenvalue weighted by atomic mass is 16.3. The molecule has 1 rings (SSSR count). The van der Waals surface area contributed by atoms with Crippen molar-refractivity contribution in [2.24, 2.45) is 0 Å². The first-order chi connectivity index (χ1) is 6.53. The molecule has 0 saturated heterocycles. The van der Waals surface area contributed by atoms with Crippen LogP contribution in [-0.4, -0.2) is 38.9 Å². The average Bonchev–Trinajstić information content (AvgIpc) is 2.17. The number of hydrogen-bond donors (Lipinski definition) is 4. The van der Waals surface area contributed by atoms with Crippen molar-refractivity contribution >= 4 is 11.6 Å². The standard InChI is InChI=1S/C8H14N4O2/c1-8(14,5-13)4-12-7-10-2-6(9)3-11-7/h2-3,13-14H,4-5,9H2,1H3,(H,10,11,12). The summed E-state index contributed by atoms with van der Waals surface area (Å²) in [5.74, 6) is 0.368. The molecule has 0 bridgehead atoms. The lowest BCUT2D eigenvalue weighted by molar-refractivity contribution is 0.0131. The van der Waals surface area contributed by atoms with Crippen molar-refractivity contribution < 1.29 is 10.2 Å². The van der Waals surface area contributed by atoms with Crippen molar-refractivity contribution in [3.8, 4) is 0 Å². The summed E-state index contributed by atoms with van der Waals surface area (Å²) in [7, 11) is 0. The van der Waals surface area contributed by atoms with E-state index < -0.39 is 5.60 Å². The van der Waals surface area contributed by atoms with Gasteiger partial charge in [0.25, 0.3) is 0 Å². The van der Waals surface area contributed by atoms with Gasteiger partial charge in [-0.1, -0.05) is 0 Å². The minimum Gasteiger partial charge on any atom is -0.396 e. The number of nitrogens with two attached hydrogens (primary N) is 1. The summed E-state index contributed by atoms with van der Waals surface area (Å²) in [5, 5.41) is 21.0. The second-order valence-corrected chi connectivity index (χ2v) is 3.35. The van der Waals surface area contributed by atoms with Crippen molar-refractivity contribution in [1.29, 1.82) is 0 Å². The molecule has 1 atom stereocenters. The molecule has 6 heteroatoms. The molecule has 1 aromatic heterocycles. The Kier molecular flexibility index (Phi) is 3.21. The molecule has 0 spiro atoms. The summed E-state index contributed by atoms with van der Waals surface area (Å²) >= 11 is 0. The van der Waals surface area contributed by atoms with Crippen LogP contribution in [0.1, 0.15) is 6.92 Å². The Hall–Kier alpha value is -1.40. The molecule has 78 valence electrons. The van der Waals surface area contributed by atoms with E-state index in [1.54, 1.807) is 0 Å². The molecular formula is C8H14N4O2. The number of aromatic nitrogens is 2. The average molecular weight is 198 g/mol. The molecule has 1 unspecified atom stereocenters. The first kappa shape index (κ1) is 10.7. The van der Waals surface area contributed by atoms with E-state index in [-0.39, 0.29) is 13.2 Å². The van der Waals surface area contributed by atoms with E-state index >= 15 is 0 Å². The number of hydrogen-bond acceptors (Lipinski definition) is 6. The number of nitrogens with one attached hydrogen (secondary N) is 1. The lowest BCUT2D eigenvalue weighted by Crippen LogP contribution is -2.37. The van der Waals surface area contributed by atoms with Gasteiger partial charge in [-0.15, -0.1) is 0 Å². The molecule has 0 amide bonds. The Balaban J connectivity index is 2.50. The van der Waals surface area contributed by atoms with Crippen LogP contribution >= 0.6 is 0 Å². The maximum Gasteiger partial charge on any atom is 0.222 e. The largest absolute Gasteiger partial charge is 0.396 e. The molecule has 14 heavy (non-hydrogen) atoms. The van der Waals surface area contributed by atoms with Gasteiger partial charge in [-0.25, -0.2) is 9.97 Å². The third-order valence-electron chi connectivity index (χ3n) is 1.64. The fourth-order valence-electron chi connectivity index (χ4n) is 0.755. The predicted molar refractivity (Wildman–Crippen MR) is 52.6 cm³/mol. The third-order valence-corrected chi connectivity index (χ3v) is 1.64. The van der Waals surface area contributed by atoms with E-state index in [0.717, 1.165) is 0 Å². The van der Waals surface area contributed by atoms with Crippen molar-refractivity contribution in [3.63, 3.8) is 0 Å². The van der Waals surface area contributed by atoms with E-state index in [4.69, 9.17) is 10.8 Å². The van der Waals surface area contributed by atoms with Crippen molar-refractivity contribution in [1.82, 2.24) is 9.97 Å². The lowest BCUT2D eigenvalue weighted by Gasteiger charge is -2.20. The molecule has 6 nitrogen and oxygen atoms in total. The smallest absolute Gasteiger partial charge is 0.222 e. The lowest BCUT2D eigenvalue weighted by atomic mass is 10.1. The second kappa shape index (κ2) is 4.21. The molecule has 0 aliphatic carbocycles. The molecule has 0 radical (unpaired) electrons. The number of anilines is 2. The maximum absolute atomic E-state index is 9.45. The fraction of sp³-hybridized carbons (Fsp3) is 0.500. The van der Waals surface area contributed by atoms with Gasteiger partial charge in [0, 0.05) is 6.54 Å². The van der Waals surface area contributed by atoms with Gasteiger partial charge in [-0.3, -0.25) is 0 Å². The van der Waals surface area contributed by atoms with Crippen LogP contribution in [0.2, 0.25) is 0 Å². The Labute approximate surface area is 81.8 Å². The highest BCUT2D eigenvalue weighted by Crippen LogP contribution is 2.05. The number of rotatable bonds is 4. The molecule has 1 heterocycles. The molecule has 0 aromatic carbocycles. The van der Waals surface area contributed by atoms with Gasteiger partial charge in [0.05, 0.1) is 24.7 Å². The highest BCUT2D eigenvalue weighted by molar-refractivity contribution is 5.35. The number of nitrogen functional groups attached to an aromatic ring is 1. The zero-order chi connectivity index (χ0) is 10.6. The molecule has 0 saturated carbocycles. The van der Waals surface area contributed by atoms with E-state index in [9.17, 15) is 5.11 Å². The summed E-state index contributed by atoms with van der Waals surface area (Å²) in [4.78, 5) is 7.75. The molecule has 0 fully saturated rings. The second-order valence-electron chi connectivity index (χ2n) is 3.35. The van der Waals surface area contributed by atoms with Gasteiger partial charge in [0.2, 0.25) is 5.95 Å². The SMILES string of the molecule is CC(O)(CO)CNc1ncc(N)cn1. The minimum atomic E-state index is -1.18. The van der Waals surface area contributed by atoms with Crippen LogP contribution in [0.3, 0.4) is 0 Å². The van der Waals surface area contributed by atoms with Gasteiger partial charge in [0.1, 0.15) is 5.60 Å². The fourth-order valence-corrected chi connectivity index (χ4v) is 0.755. The van der Waals surface area contributed by atoms with Crippen molar-refractivity contribution in [3.05, 3.63) is 12.4 Å². The van der Waals surface area contributed by atoms with Crippen LogP contribution < -0.4 is 11.1 Å². The first-order valence-corrected chi connectivity index (χ1v) is 4.18. The van der Waals surface area contributed by atoms with E-state index in [1.807, 2.05) is 0 Å². The van der Waals surface area contributed by atoms with Gasteiger partial charge in [-0.05, 0) is 6.92 Å². The number of nitrogens with zero attached hydrogens (tertiary/aromatic N) is 2.